The number of rotatable bonds is 3. The summed E-state index contributed by atoms with van der Waals surface area (Å²) < 4.78 is 0. The van der Waals surface area contributed by atoms with E-state index < -0.39 is 11.5 Å². The first-order chi connectivity index (χ1) is 11.5. The minimum absolute atomic E-state index is 0.0415. The smallest absolute Gasteiger partial charge is 0.261 e. The number of pyridine rings is 1. The molecule has 0 fully saturated rings. The summed E-state index contributed by atoms with van der Waals surface area (Å²) in [5.41, 5.74) is 1.28. The quantitative estimate of drug-likeness (QED) is 0.898. The van der Waals surface area contributed by atoms with E-state index in [0.29, 0.717) is 29.1 Å². The number of benzene rings is 1. The Morgan fingerprint density at radius 1 is 1.29 bits per heavy atom. The molecule has 0 aliphatic heterocycles. The second kappa shape index (κ2) is 6.61. The third kappa shape index (κ3) is 3.26. The highest BCUT2D eigenvalue weighted by atomic mass is 35.5. The highest BCUT2D eigenvalue weighted by molar-refractivity contribution is 6.31. The fourth-order valence-corrected chi connectivity index (χ4v) is 3.11. The fourth-order valence-electron chi connectivity index (χ4n) is 2.91. The van der Waals surface area contributed by atoms with Gasteiger partial charge in [-0.25, -0.2) is 0 Å². The second-order valence-electron chi connectivity index (χ2n) is 6.12. The van der Waals surface area contributed by atoms with E-state index in [-0.39, 0.29) is 23.8 Å². The Hall–Kier alpha value is -2.40. The van der Waals surface area contributed by atoms with Crippen LogP contribution in [0.15, 0.2) is 35.1 Å². The van der Waals surface area contributed by atoms with Crippen LogP contribution in [0.3, 0.4) is 0 Å². The van der Waals surface area contributed by atoms with Gasteiger partial charge in [-0.2, -0.15) is 0 Å². The minimum atomic E-state index is -0.523. The first kappa shape index (κ1) is 16.5. The molecule has 5 nitrogen and oxygen atoms in total. The van der Waals surface area contributed by atoms with E-state index in [1.165, 1.54) is 6.07 Å². The van der Waals surface area contributed by atoms with Gasteiger partial charge in [0.1, 0.15) is 5.56 Å². The SMILES string of the molecule is C[C@@H]1CC(=O)c2cc(C(=O)NCc3ccccc3Cl)c(=O)[nH]c2C1. The van der Waals surface area contributed by atoms with Crippen LogP contribution >= 0.6 is 11.6 Å². The van der Waals surface area contributed by atoms with Crippen LogP contribution in [0.25, 0.3) is 0 Å². The third-order valence-corrected chi connectivity index (χ3v) is 4.52. The molecule has 1 heterocycles. The molecule has 0 bridgehead atoms. The van der Waals surface area contributed by atoms with Gasteiger partial charge in [-0.15, -0.1) is 0 Å². The van der Waals surface area contributed by atoms with Crippen LogP contribution in [0.1, 0.15) is 45.3 Å². The lowest BCUT2D eigenvalue weighted by atomic mass is 9.86. The summed E-state index contributed by atoms with van der Waals surface area (Å²) in [7, 11) is 0. The molecule has 1 atom stereocenters. The Bertz CT molecular complexity index is 873. The molecule has 1 amide bonds. The van der Waals surface area contributed by atoms with Crippen molar-refractivity contribution in [2.24, 2.45) is 5.92 Å². The van der Waals surface area contributed by atoms with E-state index in [1.807, 2.05) is 13.0 Å². The van der Waals surface area contributed by atoms with Crippen molar-refractivity contribution in [1.82, 2.24) is 10.3 Å². The number of amides is 1. The van der Waals surface area contributed by atoms with Crippen molar-refractivity contribution in [3.63, 3.8) is 0 Å². The number of hydrogen-bond acceptors (Lipinski definition) is 3. The Balaban J connectivity index is 1.83. The number of nitrogens with one attached hydrogen (secondary N) is 2. The molecule has 0 saturated carbocycles. The van der Waals surface area contributed by atoms with E-state index in [0.717, 1.165) is 5.56 Å². The van der Waals surface area contributed by atoms with Gasteiger partial charge in [0.15, 0.2) is 5.78 Å². The van der Waals surface area contributed by atoms with E-state index in [4.69, 9.17) is 11.6 Å². The molecule has 124 valence electrons. The average molecular weight is 345 g/mol. The predicted molar refractivity (Wildman–Crippen MR) is 91.5 cm³/mol. The molecular weight excluding hydrogens is 328 g/mol. The topological polar surface area (TPSA) is 79.0 Å². The van der Waals surface area contributed by atoms with E-state index in [2.05, 4.69) is 10.3 Å². The van der Waals surface area contributed by atoms with Crippen molar-refractivity contribution in [2.45, 2.75) is 26.3 Å². The number of halogens is 1. The van der Waals surface area contributed by atoms with Crippen molar-refractivity contribution in [3.05, 3.63) is 68.1 Å². The highest BCUT2D eigenvalue weighted by Gasteiger charge is 2.25. The van der Waals surface area contributed by atoms with Crippen LogP contribution in [0.4, 0.5) is 0 Å². The van der Waals surface area contributed by atoms with Gasteiger partial charge in [0.2, 0.25) is 0 Å². The molecule has 3 rings (SSSR count). The van der Waals surface area contributed by atoms with Gasteiger partial charge in [0.25, 0.3) is 11.5 Å². The standard InChI is InChI=1S/C18H17ClN2O3/c1-10-6-15-12(16(22)7-10)8-13(18(24)21-15)17(23)20-9-11-4-2-3-5-14(11)19/h2-5,8,10H,6-7,9H2,1H3,(H,20,23)(H,21,24)/t10-/m0/s1. The lowest BCUT2D eigenvalue weighted by molar-refractivity contribution is 0.0949. The maximum atomic E-state index is 12.3. The van der Waals surface area contributed by atoms with Crippen molar-refractivity contribution in [3.8, 4) is 0 Å². The van der Waals surface area contributed by atoms with Gasteiger partial charge in [0, 0.05) is 29.2 Å². The molecule has 1 aliphatic rings. The van der Waals surface area contributed by atoms with Crippen molar-refractivity contribution in [1.29, 1.82) is 0 Å². The zero-order valence-corrected chi connectivity index (χ0v) is 13.9. The monoisotopic (exact) mass is 344 g/mol. The van der Waals surface area contributed by atoms with Crippen LogP contribution in [0, 0.1) is 5.92 Å². The lowest BCUT2D eigenvalue weighted by Crippen LogP contribution is -2.32. The molecule has 6 heteroatoms. The van der Waals surface area contributed by atoms with Gasteiger partial charge in [-0.05, 0) is 30.0 Å². The van der Waals surface area contributed by atoms with Crippen LogP contribution in [0.2, 0.25) is 5.02 Å². The number of hydrogen-bond donors (Lipinski definition) is 2. The minimum Gasteiger partial charge on any atom is -0.348 e. The first-order valence-electron chi connectivity index (χ1n) is 7.76. The zero-order chi connectivity index (χ0) is 17.3. The molecule has 0 spiro atoms. The van der Waals surface area contributed by atoms with Crippen LogP contribution < -0.4 is 10.9 Å². The third-order valence-electron chi connectivity index (χ3n) is 4.15. The number of aromatic nitrogens is 1. The van der Waals surface area contributed by atoms with Gasteiger partial charge in [0.05, 0.1) is 0 Å². The second-order valence-corrected chi connectivity index (χ2v) is 6.52. The normalized spacial score (nSPS) is 16.6. The van der Waals surface area contributed by atoms with Gasteiger partial charge in [-0.1, -0.05) is 36.7 Å². The largest absolute Gasteiger partial charge is 0.348 e. The van der Waals surface area contributed by atoms with Crippen LogP contribution in [-0.2, 0) is 13.0 Å². The summed E-state index contributed by atoms with van der Waals surface area (Å²) >= 11 is 6.05. The number of H-pyrrole nitrogens is 1. The molecule has 0 radical (unpaired) electrons. The average Bonchev–Trinajstić information content (AvgIpc) is 2.53. The zero-order valence-electron chi connectivity index (χ0n) is 13.2. The number of Topliss-reactive ketones (excluding diaryl/α,β-unsaturated/α-hetero) is 1. The lowest BCUT2D eigenvalue weighted by Gasteiger charge is -2.20. The van der Waals surface area contributed by atoms with Gasteiger partial charge >= 0.3 is 0 Å². The number of ketones is 1. The number of carbonyl (C=O) groups is 2. The van der Waals surface area contributed by atoms with Crippen molar-refractivity contribution >= 4 is 23.3 Å². The van der Waals surface area contributed by atoms with Gasteiger partial charge < -0.3 is 10.3 Å². The Kier molecular flexibility index (Phi) is 4.53. The summed E-state index contributed by atoms with van der Waals surface area (Å²) in [6, 6.07) is 8.55. The Morgan fingerprint density at radius 3 is 2.79 bits per heavy atom. The molecular formula is C18H17ClN2O3. The summed E-state index contributed by atoms with van der Waals surface area (Å²) in [4.78, 5) is 39.3. The van der Waals surface area contributed by atoms with Crippen molar-refractivity contribution in [2.75, 3.05) is 0 Å². The molecule has 24 heavy (non-hydrogen) atoms. The van der Waals surface area contributed by atoms with E-state index >= 15 is 0 Å². The van der Waals surface area contributed by atoms with Crippen molar-refractivity contribution < 1.29 is 9.59 Å². The predicted octanol–water partition coefficient (Wildman–Crippen LogP) is 2.72. The molecule has 2 aromatic rings. The molecule has 2 N–H and O–H groups in total. The first-order valence-corrected chi connectivity index (χ1v) is 8.14. The van der Waals surface area contributed by atoms with Crippen LogP contribution in [-0.4, -0.2) is 16.7 Å². The van der Waals surface area contributed by atoms with Gasteiger partial charge in [-0.3, -0.25) is 14.4 Å². The summed E-state index contributed by atoms with van der Waals surface area (Å²) in [5, 5.41) is 3.22. The molecule has 0 unspecified atom stereocenters. The number of fused-ring (bicyclic) bond motifs is 1. The Labute approximate surface area is 144 Å². The molecule has 1 aromatic carbocycles. The molecule has 1 aromatic heterocycles. The van der Waals surface area contributed by atoms with E-state index in [9.17, 15) is 14.4 Å². The molecule has 1 aliphatic carbocycles. The van der Waals surface area contributed by atoms with Crippen LogP contribution in [0.5, 0.6) is 0 Å². The summed E-state index contributed by atoms with van der Waals surface area (Å²) in [5.74, 6) is -0.369. The number of carbonyl (C=O) groups excluding carboxylic acids is 2. The number of aromatic amines is 1. The highest BCUT2D eigenvalue weighted by Crippen LogP contribution is 2.23. The maximum Gasteiger partial charge on any atom is 0.261 e. The summed E-state index contributed by atoms with van der Waals surface area (Å²) in [6.07, 6.45) is 1.07. The van der Waals surface area contributed by atoms with E-state index in [1.54, 1.807) is 18.2 Å². The fraction of sp³-hybridized carbons (Fsp3) is 0.278. The molecule has 0 saturated heterocycles. The summed E-state index contributed by atoms with van der Waals surface area (Å²) in [6.45, 7) is 2.17. The maximum absolute atomic E-state index is 12.3. The Morgan fingerprint density at radius 2 is 2.04 bits per heavy atom.